The Bertz CT molecular complexity index is 775. The van der Waals surface area contributed by atoms with Gasteiger partial charge in [0.2, 0.25) is 5.91 Å². The summed E-state index contributed by atoms with van der Waals surface area (Å²) in [5.74, 6) is -0.00506. The van der Waals surface area contributed by atoms with Gasteiger partial charge in [0.05, 0.1) is 18.4 Å². The first-order valence-corrected chi connectivity index (χ1v) is 7.75. The summed E-state index contributed by atoms with van der Waals surface area (Å²) >= 11 is 6.17. The van der Waals surface area contributed by atoms with Gasteiger partial charge < -0.3 is 10.2 Å². The average molecular weight is 333 g/mol. The van der Waals surface area contributed by atoms with Crippen molar-refractivity contribution >= 4 is 23.2 Å². The maximum atomic E-state index is 12.3. The number of amides is 1. The minimum Gasteiger partial charge on any atom is -0.371 e. The van der Waals surface area contributed by atoms with E-state index in [4.69, 9.17) is 11.6 Å². The molecular weight excluding hydrogens is 316 g/mol. The van der Waals surface area contributed by atoms with E-state index in [2.05, 4.69) is 10.4 Å². The first-order valence-electron chi connectivity index (χ1n) is 7.37. The molecule has 1 aromatic carbocycles. The molecule has 1 atom stereocenters. The van der Waals surface area contributed by atoms with E-state index in [-0.39, 0.29) is 22.5 Å². The fraction of sp³-hybridized carbons (Fsp3) is 0.312. The molecule has 0 bridgehead atoms. The van der Waals surface area contributed by atoms with Gasteiger partial charge in [0.25, 0.3) is 5.56 Å². The molecule has 1 fully saturated rings. The van der Waals surface area contributed by atoms with Crippen molar-refractivity contribution in [3.63, 3.8) is 0 Å². The predicted octanol–water partition coefficient (Wildman–Crippen LogP) is 1.59. The first-order chi connectivity index (χ1) is 11.1. The van der Waals surface area contributed by atoms with Gasteiger partial charge in [-0.25, -0.2) is 4.68 Å². The molecule has 0 spiro atoms. The zero-order valence-electron chi connectivity index (χ0n) is 12.7. The number of nitrogens with one attached hydrogen (secondary N) is 1. The van der Waals surface area contributed by atoms with Crippen molar-refractivity contribution in [2.45, 2.75) is 19.0 Å². The summed E-state index contributed by atoms with van der Waals surface area (Å²) in [7, 11) is 1.75. The Morgan fingerprint density at radius 3 is 2.70 bits per heavy atom. The molecule has 0 radical (unpaired) electrons. The molecule has 1 aliphatic heterocycles. The van der Waals surface area contributed by atoms with Crippen LogP contribution < -0.4 is 10.9 Å². The Hall–Kier alpha value is -2.34. The standard InChI is InChI=1S/C16H17ClN4O2/c1-20-8-7-12(15(20)22)19-13-9-18-21(16(23)14(13)17)10-11-5-3-2-4-6-11/h2-6,9,12,19H,7-8,10H2,1H3. The molecule has 1 aliphatic rings. The van der Waals surface area contributed by atoms with E-state index in [1.807, 2.05) is 30.3 Å². The highest BCUT2D eigenvalue weighted by Gasteiger charge is 2.29. The third-order valence-electron chi connectivity index (χ3n) is 3.92. The monoisotopic (exact) mass is 332 g/mol. The lowest BCUT2D eigenvalue weighted by Crippen LogP contribution is -2.32. The molecule has 1 aromatic heterocycles. The minimum absolute atomic E-state index is 0.00506. The van der Waals surface area contributed by atoms with Gasteiger partial charge >= 0.3 is 0 Å². The van der Waals surface area contributed by atoms with Crippen molar-refractivity contribution < 1.29 is 4.79 Å². The van der Waals surface area contributed by atoms with Crippen LogP contribution in [0.3, 0.4) is 0 Å². The zero-order valence-corrected chi connectivity index (χ0v) is 13.5. The number of carbonyl (C=O) groups is 1. The molecular formula is C16H17ClN4O2. The smallest absolute Gasteiger partial charge is 0.287 e. The van der Waals surface area contributed by atoms with Crippen molar-refractivity contribution in [1.82, 2.24) is 14.7 Å². The molecule has 1 unspecified atom stereocenters. The molecule has 6 nitrogen and oxygen atoms in total. The van der Waals surface area contributed by atoms with Crippen LogP contribution in [0, 0.1) is 0 Å². The predicted molar refractivity (Wildman–Crippen MR) is 88.7 cm³/mol. The van der Waals surface area contributed by atoms with Crippen LogP contribution in [-0.2, 0) is 11.3 Å². The third kappa shape index (κ3) is 3.22. The van der Waals surface area contributed by atoms with Crippen LogP contribution in [0.25, 0.3) is 0 Å². The van der Waals surface area contributed by atoms with Gasteiger partial charge in [0.1, 0.15) is 11.1 Å². The fourth-order valence-electron chi connectivity index (χ4n) is 2.58. The number of hydrogen-bond donors (Lipinski definition) is 1. The summed E-state index contributed by atoms with van der Waals surface area (Å²) in [5, 5.41) is 7.23. The minimum atomic E-state index is -0.376. The van der Waals surface area contributed by atoms with Crippen LogP contribution in [-0.4, -0.2) is 40.2 Å². The number of benzene rings is 1. The van der Waals surface area contributed by atoms with Crippen molar-refractivity contribution in [2.24, 2.45) is 0 Å². The number of rotatable bonds is 4. The summed E-state index contributed by atoms with van der Waals surface area (Å²) in [6.45, 7) is 1.04. The van der Waals surface area contributed by atoms with Crippen molar-refractivity contribution in [2.75, 3.05) is 18.9 Å². The quantitative estimate of drug-likeness (QED) is 0.923. The highest BCUT2D eigenvalue weighted by atomic mass is 35.5. The molecule has 0 saturated carbocycles. The van der Waals surface area contributed by atoms with E-state index in [1.54, 1.807) is 11.9 Å². The summed E-state index contributed by atoms with van der Waals surface area (Å²) in [6.07, 6.45) is 2.18. The molecule has 23 heavy (non-hydrogen) atoms. The SMILES string of the molecule is CN1CCC(Nc2cnn(Cc3ccccc3)c(=O)c2Cl)C1=O. The molecule has 7 heteroatoms. The molecule has 2 heterocycles. The van der Waals surface area contributed by atoms with Crippen molar-refractivity contribution in [3.05, 3.63) is 57.5 Å². The second-order valence-corrected chi connectivity index (χ2v) is 5.94. The molecule has 120 valence electrons. The van der Waals surface area contributed by atoms with Crippen LogP contribution in [0.2, 0.25) is 5.02 Å². The molecule has 0 aliphatic carbocycles. The van der Waals surface area contributed by atoms with Gasteiger partial charge in [-0.2, -0.15) is 5.10 Å². The summed E-state index contributed by atoms with van der Waals surface area (Å²) in [4.78, 5) is 25.9. The van der Waals surface area contributed by atoms with Gasteiger partial charge in [-0.05, 0) is 12.0 Å². The Morgan fingerprint density at radius 2 is 2.04 bits per heavy atom. The number of nitrogens with zero attached hydrogens (tertiary/aromatic N) is 3. The van der Waals surface area contributed by atoms with Crippen LogP contribution in [0.4, 0.5) is 5.69 Å². The van der Waals surface area contributed by atoms with Gasteiger partial charge in [0, 0.05) is 13.6 Å². The van der Waals surface area contributed by atoms with Gasteiger partial charge in [0.15, 0.2) is 0 Å². The average Bonchev–Trinajstić information content (AvgIpc) is 2.87. The Morgan fingerprint density at radius 1 is 1.30 bits per heavy atom. The number of aromatic nitrogens is 2. The Kier molecular flexibility index (Phi) is 4.34. The van der Waals surface area contributed by atoms with Crippen LogP contribution in [0.1, 0.15) is 12.0 Å². The van der Waals surface area contributed by atoms with E-state index >= 15 is 0 Å². The normalized spacial score (nSPS) is 17.6. The number of carbonyl (C=O) groups excluding carboxylic acids is 1. The van der Waals surface area contributed by atoms with E-state index in [1.165, 1.54) is 10.9 Å². The molecule has 1 amide bonds. The summed E-state index contributed by atoms with van der Waals surface area (Å²) in [6, 6.07) is 9.20. The lowest BCUT2D eigenvalue weighted by atomic mass is 10.2. The fourth-order valence-corrected chi connectivity index (χ4v) is 2.78. The van der Waals surface area contributed by atoms with E-state index in [0.29, 0.717) is 25.2 Å². The van der Waals surface area contributed by atoms with E-state index in [0.717, 1.165) is 5.56 Å². The van der Waals surface area contributed by atoms with Crippen LogP contribution >= 0.6 is 11.6 Å². The summed E-state index contributed by atoms with van der Waals surface area (Å²) < 4.78 is 1.31. The Labute approximate surface area is 138 Å². The summed E-state index contributed by atoms with van der Waals surface area (Å²) in [5.41, 5.74) is 0.986. The number of likely N-dealkylation sites (tertiary alicyclic amines) is 1. The number of hydrogen-bond acceptors (Lipinski definition) is 4. The highest BCUT2D eigenvalue weighted by molar-refractivity contribution is 6.33. The van der Waals surface area contributed by atoms with Gasteiger partial charge in [-0.3, -0.25) is 9.59 Å². The van der Waals surface area contributed by atoms with Gasteiger partial charge in [-0.15, -0.1) is 0 Å². The van der Waals surface area contributed by atoms with E-state index < -0.39 is 0 Å². The molecule has 3 rings (SSSR count). The second kappa shape index (κ2) is 6.42. The first kappa shape index (κ1) is 15.6. The second-order valence-electron chi connectivity index (χ2n) is 5.57. The molecule has 1 N–H and O–H groups in total. The molecule has 2 aromatic rings. The maximum absolute atomic E-state index is 12.3. The Balaban J connectivity index is 1.81. The van der Waals surface area contributed by atoms with Gasteiger partial charge in [-0.1, -0.05) is 41.9 Å². The van der Waals surface area contributed by atoms with E-state index in [9.17, 15) is 9.59 Å². The number of anilines is 1. The zero-order chi connectivity index (χ0) is 16.4. The van der Waals surface area contributed by atoms with Crippen LogP contribution in [0.15, 0.2) is 41.3 Å². The lowest BCUT2D eigenvalue weighted by molar-refractivity contribution is -0.127. The highest BCUT2D eigenvalue weighted by Crippen LogP contribution is 2.20. The van der Waals surface area contributed by atoms with Crippen molar-refractivity contribution in [1.29, 1.82) is 0 Å². The third-order valence-corrected chi connectivity index (χ3v) is 4.28. The maximum Gasteiger partial charge on any atom is 0.287 e. The number of likely N-dealkylation sites (N-methyl/N-ethyl adjacent to an activating group) is 1. The molecule has 1 saturated heterocycles. The lowest BCUT2D eigenvalue weighted by Gasteiger charge is -2.15. The van der Waals surface area contributed by atoms with Crippen molar-refractivity contribution in [3.8, 4) is 0 Å². The number of halogens is 1. The van der Waals surface area contributed by atoms with Crippen LogP contribution in [0.5, 0.6) is 0 Å². The largest absolute Gasteiger partial charge is 0.371 e. The topological polar surface area (TPSA) is 67.2 Å².